The minimum Gasteiger partial charge on any atom is -0.447 e. The number of hydrogen-bond acceptors (Lipinski definition) is 3. The molecule has 1 fully saturated rings. The summed E-state index contributed by atoms with van der Waals surface area (Å²) in [5, 5.41) is 2.89. The molecule has 16 heavy (non-hydrogen) atoms. The molecule has 1 aliphatic carbocycles. The molecule has 1 N–H and O–H groups in total. The van der Waals surface area contributed by atoms with Crippen molar-refractivity contribution in [2.75, 3.05) is 6.61 Å². The molecule has 1 aliphatic rings. The Morgan fingerprint density at radius 3 is 2.56 bits per heavy atom. The Bertz CT molecular complexity index is 251. The zero-order chi connectivity index (χ0) is 12.3. The highest BCUT2D eigenvalue weighted by molar-refractivity contribution is 5.68. The second-order valence-corrected chi connectivity index (χ2v) is 5.15. The third kappa shape index (κ3) is 2.88. The van der Waals surface area contributed by atoms with Crippen molar-refractivity contribution in [3.05, 3.63) is 0 Å². The molecule has 0 aliphatic heterocycles. The quantitative estimate of drug-likeness (QED) is 0.804. The second-order valence-electron chi connectivity index (χ2n) is 5.15. The largest absolute Gasteiger partial charge is 0.447 e. The maximum absolute atomic E-state index is 11.4. The summed E-state index contributed by atoms with van der Waals surface area (Å²) in [5.74, 6) is 0. The summed E-state index contributed by atoms with van der Waals surface area (Å²) in [5.41, 5.74) is -0.00793. The molecule has 0 aromatic rings. The van der Waals surface area contributed by atoms with Crippen LogP contribution >= 0.6 is 0 Å². The molecule has 0 aromatic heterocycles. The van der Waals surface area contributed by atoms with Gasteiger partial charge in [-0.1, -0.05) is 13.8 Å². The molecule has 0 spiro atoms. The highest BCUT2D eigenvalue weighted by atomic mass is 16.6. The highest BCUT2D eigenvalue weighted by Crippen LogP contribution is 2.42. The molecular formula is C12H23NO3. The first-order valence-corrected chi connectivity index (χ1v) is 5.96. The molecule has 0 bridgehead atoms. The zero-order valence-electron chi connectivity index (χ0n) is 10.9. The normalized spacial score (nSPS) is 27.4. The van der Waals surface area contributed by atoms with Gasteiger partial charge in [-0.3, -0.25) is 0 Å². The van der Waals surface area contributed by atoms with Crippen molar-refractivity contribution >= 4 is 6.09 Å². The van der Waals surface area contributed by atoms with E-state index in [-0.39, 0.29) is 29.8 Å². The summed E-state index contributed by atoms with van der Waals surface area (Å²) in [7, 11) is 0. The third-order valence-electron chi connectivity index (χ3n) is 3.18. The Morgan fingerprint density at radius 2 is 2.12 bits per heavy atom. The SMILES string of the molecule is CCOC1CC(NC(=O)OC(C)C)C1(C)C. The van der Waals surface area contributed by atoms with Gasteiger partial charge in [0.25, 0.3) is 0 Å². The monoisotopic (exact) mass is 229 g/mol. The first-order valence-electron chi connectivity index (χ1n) is 5.96. The van der Waals surface area contributed by atoms with Gasteiger partial charge >= 0.3 is 6.09 Å². The lowest BCUT2D eigenvalue weighted by molar-refractivity contribution is -0.112. The van der Waals surface area contributed by atoms with E-state index in [4.69, 9.17) is 9.47 Å². The number of nitrogens with one attached hydrogen (secondary N) is 1. The maximum atomic E-state index is 11.4. The van der Waals surface area contributed by atoms with E-state index in [0.29, 0.717) is 0 Å². The molecule has 1 rings (SSSR count). The van der Waals surface area contributed by atoms with E-state index in [2.05, 4.69) is 19.2 Å². The van der Waals surface area contributed by atoms with Gasteiger partial charge in [0.1, 0.15) is 0 Å². The topological polar surface area (TPSA) is 47.6 Å². The fraction of sp³-hybridized carbons (Fsp3) is 0.917. The molecule has 4 nitrogen and oxygen atoms in total. The number of rotatable bonds is 4. The lowest BCUT2D eigenvalue weighted by atomic mass is 9.64. The number of carbonyl (C=O) groups is 1. The maximum Gasteiger partial charge on any atom is 0.407 e. The van der Waals surface area contributed by atoms with Crippen molar-refractivity contribution in [1.29, 1.82) is 0 Å². The van der Waals surface area contributed by atoms with Crippen LogP contribution in [0.5, 0.6) is 0 Å². The van der Waals surface area contributed by atoms with Crippen LogP contribution < -0.4 is 5.32 Å². The molecule has 1 amide bonds. The summed E-state index contributed by atoms with van der Waals surface area (Å²) in [6.45, 7) is 10.6. The van der Waals surface area contributed by atoms with Gasteiger partial charge in [0.2, 0.25) is 0 Å². The van der Waals surface area contributed by atoms with Crippen molar-refractivity contribution in [3.63, 3.8) is 0 Å². The molecule has 2 atom stereocenters. The number of ether oxygens (including phenoxy) is 2. The molecule has 0 radical (unpaired) electrons. The summed E-state index contributed by atoms with van der Waals surface area (Å²) < 4.78 is 10.6. The first kappa shape index (κ1) is 13.3. The van der Waals surface area contributed by atoms with E-state index in [9.17, 15) is 4.79 Å². The number of alkyl carbamates (subject to hydrolysis) is 1. The van der Waals surface area contributed by atoms with Gasteiger partial charge in [0, 0.05) is 18.1 Å². The summed E-state index contributed by atoms with van der Waals surface area (Å²) in [6, 6.07) is 0.148. The van der Waals surface area contributed by atoms with Crippen LogP contribution in [0.4, 0.5) is 4.79 Å². The van der Waals surface area contributed by atoms with Crippen LogP contribution in [0.2, 0.25) is 0 Å². The lowest BCUT2D eigenvalue weighted by Crippen LogP contribution is -2.62. The Kier molecular flexibility index (Phi) is 4.19. The van der Waals surface area contributed by atoms with Crippen LogP contribution in [-0.2, 0) is 9.47 Å². The average Bonchev–Trinajstić information content (AvgIpc) is 2.15. The minimum atomic E-state index is -0.331. The molecule has 4 heteroatoms. The van der Waals surface area contributed by atoms with Crippen molar-refractivity contribution in [3.8, 4) is 0 Å². The van der Waals surface area contributed by atoms with E-state index in [1.54, 1.807) is 0 Å². The summed E-state index contributed by atoms with van der Waals surface area (Å²) in [6.07, 6.45) is 0.698. The summed E-state index contributed by atoms with van der Waals surface area (Å²) >= 11 is 0. The number of amides is 1. The minimum absolute atomic E-state index is 0.00793. The first-order chi connectivity index (χ1) is 7.37. The van der Waals surface area contributed by atoms with E-state index in [0.717, 1.165) is 13.0 Å². The van der Waals surface area contributed by atoms with Crippen LogP contribution in [0.15, 0.2) is 0 Å². The number of hydrogen-bond donors (Lipinski definition) is 1. The van der Waals surface area contributed by atoms with Crippen LogP contribution in [0.25, 0.3) is 0 Å². The molecule has 94 valence electrons. The highest BCUT2D eigenvalue weighted by Gasteiger charge is 2.49. The predicted octanol–water partition coefficient (Wildman–Crippen LogP) is 2.32. The number of carbonyl (C=O) groups excluding carboxylic acids is 1. The summed E-state index contributed by atoms with van der Waals surface area (Å²) in [4.78, 5) is 11.4. The van der Waals surface area contributed by atoms with E-state index in [1.807, 2.05) is 20.8 Å². The Hall–Kier alpha value is -0.770. The fourth-order valence-electron chi connectivity index (χ4n) is 2.00. The molecule has 2 unspecified atom stereocenters. The standard InChI is InChI=1S/C12H23NO3/c1-6-15-10-7-9(12(10,4)5)13-11(14)16-8(2)3/h8-10H,6-7H2,1-5H3,(H,13,14). The Labute approximate surface area is 97.7 Å². The van der Waals surface area contributed by atoms with Gasteiger partial charge in [-0.25, -0.2) is 4.79 Å². The Balaban J connectivity index is 2.38. The van der Waals surface area contributed by atoms with Gasteiger partial charge in [-0.15, -0.1) is 0 Å². The van der Waals surface area contributed by atoms with Gasteiger partial charge in [0.15, 0.2) is 0 Å². The van der Waals surface area contributed by atoms with Gasteiger partial charge in [-0.2, -0.15) is 0 Å². The van der Waals surface area contributed by atoms with Crippen molar-refractivity contribution in [2.45, 2.75) is 59.3 Å². The van der Waals surface area contributed by atoms with Crippen LogP contribution in [0.1, 0.15) is 41.0 Å². The van der Waals surface area contributed by atoms with Crippen LogP contribution in [0.3, 0.4) is 0 Å². The fourth-order valence-corrected chi connectivity index (χ4v) is 2.00. The van der Waals surface area contributed by atoms with Crippen molar-refractivity contribution in [1.82, 2.24) is 5.32 Å². The molecule has 0 aromatic carbocycles. The Morgan fingerprint density at radius 1 is 1.50 bits per heavy atom. The van der Waals surface area contributed by atoms with E-state index < -0.39 is 0 Å². The molecule has 0 saturated heterocycles. The predicted molar refractivity (Wildman–Crippen MR) is 62.4 cm³/mol. The zero-order valence-corrected chi connectivity index (χ0v) is 10.9. The van der Waals surface area contributed by atoms with Crippen molar-refractivity contribution < 1.29 is 14.3 Å². The lowest BCUT2D eigenvalue weighted by Gasteiger charge is -2.51. The van der Waals surface area contributed by atoms with Crippen LogP contribution in [-0.4, -0.2) is 30.9 Å². The van der Waals surface area contributed by atoms with Gasteiger partial charge in [-0.05, 0) is 27.2 Å². The van der Waals surface area contributed by atoms with Crippen LogP contribution in [0, 0.1) is 5.41 Å². The average molecular weight is 229 g/mol. The second kappa shape index (κ2) is 5.04. The van der Waals surface area contributed by atoms with E-state index >= 15 is 0 Å². The van der Waals surface area contributed by atoms with Crippen molar-refractivity contribution in [2.24, 2.45) is 5.41 Å². The molecular weight excluding hydrogens is 206 g/mol. The van der Waals surface area contributed by atoms with Gasteiger partial charge < -0.3 is 14.8 Å². The smallest absolute Gasteiger partial charge is 0.407 e. The third-order valence-corrected chi connectivity index (χ3v) is 3.18. The molecule has 0 heterocycles. The van der Waals surface area contributed by atoms with Gasteiger partial charge in [0.05, 0.1) is 12.2 Å². The van der Waals surface area contributed by atoms with E-state index in [1.165, 1.54) is 0 Å². The molecule has 1 saturated carbocycles.